The van der Waals surface area contributed by atoms with Gasteiger partial charge in [-0.25, -0.2) is 0 Å². The molecule has 1 aromatic rings. The van der Waals surface area contributed by atoms with Crippen LogP contribution in [-0.2, 0) is 6.54 Å². The third kappa shape index (κ3) is 3.72. The van der Waals surface area contributed by atoms with Crippen molar-refractivity contribution >= 4 is 0 Å². The Balaban J connectivity index is 2.86. The van der Waals surface area contributed by atoms with Crippen molar-refractivity contribution in [1.29, 1.82) is 0 Å². The number of rotatable bonds is 7. The van der Waals surface area contributed by atoms with Crippen molar-refractivity contribution in [3.63, 3.8) is 0 Å². The Hall–Kier alpha value is -1.06. The number of nitrogens with zero attached hydrogens (tertiary/aromatic N) is 1. The van der Waals surface area contributed by atoms with Gasteiger partial charge < -0.3 is 10.8 Å². The maximum Gasteiger partial charge on any atom is 0.115 e. The van der Waals surface area contributed by atoms with E-state index in [2.05, 4.69) is 31.7 Å². The molecule has 18 heavy (non-hydrogen) atoms. The van der Waals surface area contributed by atoms with Gasteiger partial charge >= 0.3 is 0 Å². The molecule has 0 saturated heterocycles. The molecule has 0 spiro atoms. The molecule has 0 saturated carbocycles. The number of hydrogen-bond donors (Lipinski definition) is 2. The van der Waals surface area contributed by atoms with Gasteiger partial charge in [0, 0.05) is 18.6 Å². The maximum absolute atomic E-state index is 9.53. The Bertz CT molecular complexity index is 361. The van der Waals surface area contributed by atoms with E-state index >= 15 is 0 Å². The Morgan fingerprint density at radius 1 is 1.33 bits per heavy atom. The van der Waals surface area contributed by atoms with Crippen LogP contribution in [0.1, 0.15) is 39.2 Å². The molecule has 0 aliphatic heterocycles. The van der Waals surface area contributed by atoms with Crippen LogP contribution in [0.4, 0.5) is 0 Å². The second kappa shape index (κ2) is 6.76. The molecule has 1 aromatic carbocycles. The van der Waals surface area contributed by atoms with Crippen molar-refractivity contribution < 1.29 is 5.11 Å². The van der Waals surface area contributed by atoms with E-state index in [0.29, 0.717) is 12.3 Å². The van der Waals surface area contributed by atoms with Gasteiger partial charge in [-0.2, -0.15) is 0 Å². The zero-order valence-corrected chi connectivity index (χ0v) is 11.8. The second-order valence-corrected chi connectivity index (χ2v) is 5.15. The standard InChI is InChI=1S/C15H26N2O/c1-4-9-17(15(3,5-2)12-16)11-13-7-6-8-14(18)10-13/h6-8,10,18H,4-5,9,11-12,16H2,1-3H3. The average molecular weight is 250 g/mol. The molecule has 0 aliphatic carbocycles. The number of nitrogens with two attached hydrogens (primary N) is 1. The fourth-order valence-corrected chi connectivity index (χ4v) is 2.18. The molecular formula is C15H26N2O. The molecule has 0 aromatic heterocycles. The third-order valence-electron chi connectivity index (χ3n) is 3.74. The highest BCUT2D eigenvalue weighted by Crippen LogP contribution is 2.22. The molecule has 1 unspecified atom stereocenters. The molecule has 3 heteroatoms. The minimum Gasteiger partial charge on any atom is -0.508 e. The smallest absolute Gasteiger partial charge is 0.115 e. The van der Waals surface area contributed by atoms with E-state index in [-0.39, 0.29) is 5.54 Å². The first kappa shape index (κ1) is 15.0. The van der Waals surface area contributed by atoms with Gasteiger partial charge in [0.2, 0.25) is 0 Å². The van der Waals surface area contributed by atoms with Gasteiger partial charge in [-0.15, -0.1) is 0 Å². The predicted molar refractivity (Wildman–Crippen MR) is 76.6 cm³/mol. The summed E-state index contributed by atoms with van der Waals surface area (Å²) in [6.07, 6.45) is 2.14. The maximum atomic E-state index is 9.53. The summed E-state index contributed by atoms with van der Waals surface area (Å²) in [5.74, 6) is 0.329. The average Bonchev–Trinajstić information content (AvgIpc) is 2.37. The van der Waals surface area contributed by atoms with Crippen LogP contribution in [0.3, 0.4) is 0 Å². The normalized spacial score (nSPS) is 14.7. The van der Waals surface area contributed by atoms with Crippen molar-refractivity contribution in [3.8, 4) is 5.75 Å². The summed E-state index contributed by atoms with van der Waals surface area (Å²) in [5.41, 5.74) is 7.11. The minimum atomic E-state index is 0.0292. The lowest BCUT2D eigenvalue weighted by Gasteiger charge is -2.40. The highest BCUT2D eigenvalue weighted by atomic mass is 16.3. The quantitative estimate of drug-likeness (QED) is 0.782. The van der Waals surface area contributed by atoms with Crippen LogP contribution in [0.15, 0.2) is 24.3 Å². The van der Waals surface area contributed by atoms with Gasteiger partial charge in [0.05, 0.1) is 0 Å². The monoisotopic (exact) mass is 250 g/mol. The van der Waals surface area contributed by atoms with Crippen molar-refractivity contribution in [2.75, 3.05) is 13.1 Å². The van der Waals surface area contributed by atoms with Crippen LogP contribution < -0.4 is 5.73 Å². The molecule has 0 radical (unpaired) electrons. The largest absolute Gasteiger partial charge is 0.508 e. The van der Waals surface area contributed by atoms with Gasteiger partial charge in [-0.05, 0) is 44.0 Å². The zero-order valence-electron chi connectivity index (χ0n) is 11.8. The molecule has 3 nitrogen and oxygen atoms in total. The van der Waals surface area contributed by atoms with Crippen molar-refractivity contribution in [1.82, 2.24) is 4.90 Å². The van der Waals surface area contributed by atoms with Crippen molar-refractivity contribution in [2.24, 2.45) is 5.73 Å². The van der Waals surface area contributed by atoms with Crippen LogP contribution in [0, 0.1) is 0 Å². The van der Waals surface area contributed by atoms with Crippen molar-refractivity contribution in [2.45, 2.75) is 45.7 Å². The van der Waals surface area contributed by atoms with Gasteiger partial charge in [-0.1, -0.05) is 26.0 Å². The predicted octanol–water partition coefficient (Wildman–Crippen LogP) is 2.73. The number of phenolic OH excluding ortho intramolecular Hbond substituents is 1. The molecule has 0 fully saturated rings. The lowest BCUT2D eigenvalue weighted by molar-refractivity contribution is 0.0972. The first-order valence-corrected chi connectivity index (χ1v) is 6.78. The van der Waals surface area contributed by atoms with E-state index in [4.69, 9.17) is 5.73 Å². The highest BCUT2D eigenvalue weighted by molar-refractivity contribution is 5.27. The molecule has 0 bridgehead atoms. The Kier molecular flexibility index (Phi) is 5.63. The summed E-state index contributed by atoms with van der Waals surface area (Å²) in [6.45, 7) is 9.09. The van der Waals surface area contributed by atoms with E-state index in [9.17, 15) is 5.11 Å². The number of aromatic hydroxyl groups is 1. The molecular weight excluding hydrogens is 224 g/mol. The molecule has 3 N–H and O–H groups in total. The van der Waals surface area contributed by atoms with Crippen LogP contribution in [-0.4, -0.2) is 28.6 Å². The van der Waals surface area contributed by atoms with E-state index < -0.39 is 0 Å². The van der Waals surface area contributed by atoms with Crippen LogP contribution >= 0.6 is 0 Å². The highest BCUT2D eigenvalue weighted by Gasteiger charge is 2.27. The molecule has 0 heterocycles. The van der Waals surface area contributed by atoms with Crippen LogP contribution in [0.2, 0.25) is 0 Å². The third-order valence-corrected chi connectivity index (χ3v) is 3.74. The Labute approximate surface area is 111 Å². The van der Waals surface area contributed by atoms with Gasteiger partial charge in [-0.3, -0.25) is 4.90 Å². The van der Waals surface area contributed by atoms with Gasteiger partial charge in [0.25, 0.3) is 0 Å². The lowest BCUT2D eigenvalue weighted by atomic mass is 9.95. The number of benzene rings is 1. The Morgan fingerprint density at radius 2 is 2.06 bits per heavy atom. The fourth-order valence-electron chi connectivity index (χ4n) is 2.18. The lowest BCUT2D eigenvalue weighted by Crippen LogP contribution is -2.51. The summed E-state index contributed by atoms with van der Waals surface area (Å²) in [7, 11) is 0. The molecule has 1 rings (SSSR count). The number of hydrogen-bond acceptors (Lipinski definition) is 3. The molecule has 102 valence electrons. The van der Waals surface area contributed by atoms with Gasteiger partial charge in [0.15, 0.2) is 0 Å². The summed E-state index contributed by atoms with van der Waals surface area (Å²) < 4.78 is 0. The summed E-state index contributed by atoms with van der Waals surface area (Å²) in [4.78, 5) is 2.42. The van der Waals surface area contributed by atoms with E-state index in [1.54, 1.807) is 6.07 Å². The first-order valence-electron chi connectivity index (χ1n) is 6.78. The zero-order chi connectivity index (χ0) is 13.6. The summed E-state index contributed by atoms with van der Waals surface area (Å²) in [6, 6.07) is 7.47. The number of phenols is 1. The summed E-state index contributed by atoms with van der Waals surface area (Å²) in [5, 5.41) is 9.53. The summed E-state index contributed by atoms with van der Waals surface area (Å²) >= 11 is 0. The fraction of sp³-hybridized carbons (Fsp3) is 0.600. The van der Waals surface area contributed by atoms with Crippen LogP contribution in [0.25, 0.3) is 0 Å². The van der Waals surface area contributed by atoms with E-state index in [1.165, 1.54) is 0 Å². The van der Waals surface area contributed by atoms with Crippen LogP contribution in [0.5, 0.6) is 5.75 Å². The van der Waals surface area contributed by atoms with Crippen molar-refractivity contribution in [3.05, 3.63) is 29.8 Å². The Morgan fingerprint density at radius 3 is 2.56 bits per heavy atom. The SMILES string of the molecule is CCCN(Cc1cccc(O)c1)C(C)(CC)CN. The van der Waals surface area contributed by atoms with E-state index in [0.717, 1.165) is 31.5 Å². The first-order chi connectivity index (χ1) is 8.55. The van der Waals surface area contributed by atoms with Gasteiger partial charge in [0.1, 0.15) is 5.75 Å². The topological polar surface area (TPSA) is 49.5 Å². The second-order valence-electron chi connectivity index (χ2n) is 5.15. The van der Waals surface area contributed by atoms with E-state index in [1.807, 2.05) is 12.1 Å². The minimum absolute atomic E-state index is 0.0292. The molecule has 1 atom stereocenters. The molecule has 0 aliphatic rings. The molecule has 0 amide bonds.